The Morgan fingerprint density at radius 2 is 2.10 bits per heavy atom. The number of thiophene rings is 1. The molecule has 2 amide bonds. The molecule has 0 spiro atoms. The fraction of sp³-hybridized carbons (Fsp3) is 0.571. The molecule has 0 atom stereocenters. The minimum Gasteiger partial charge on any atom is -0.396 e. The summed E-state index contributed by atoms with van der Waals surface area (Å²) in [7, 11) is 0. The lowest BCUT2D eigenvalue weighted by atomic mass is 10.0. The highest BCUT2D eigenvalue weighted by Crippen LogP contribution is 2.31. The SMILES string of the molecule is CC(C)(CCO)NC(=O)c1ccc(NC(=O)C2CC2)s1. The van der Waals surface area contributed by atoms with Crippen molar-refractivity contribution in [3.63, 3.8) is 0 Å². The van der Waals surface area contributed by atoms with Crippen LogP contribution in [0.25, 0.3) is 0 Å². The second-order valence-electron chi connectivity index (χ2n) is 5.74. The Morgan fingerprint density at radius 1 is 1.40 bits per heavy atom. The number of rotatable bonds is 6. The molecule has 1 aliphatic rings. The Kier molecular flexibility index (Phi) is 4.45. The Morgan fingerprint density at radius 3 is 2.70 bits per heavy atom. The van der Waals surface area contributed by atoms with Crippen LogP contribution in [-0.4, -0.2) is 29.1 Å². The predicted molar refractivity (Wildman–Crippen MR) is 78.9 cm³/mol. The molecule has 1 heterocycles. The number of aliphatic hydroxyl groups excluding tert-OH is 1. The van der Waals surface area contributed by atoms with E-state index in [1.807, 2.05) is 13.8 Å². The summed E-state index contributed by atoms with van der Waals surface area (Å²) in [5.74, 6) is 0.0117. The van der Waals surface area contributed by atoms with Gasteiger partial charge >= 0.3 is 0 Å². The molecular formula is C14H20N2O3S. The Hall–Kier alpha value is -1.40. The predicted octanol–water partition coefficient (Wildman–Crippen LogP) is 1.99. The molecule has 1 aliphatic carbocycles. The van der Waals surface area contributed by atoms with Crippen LogP contribution in [0, 0.1) is 5.92 Å². The van der Waals surface area contributed by atoms with E-state index < -0.39 is 5.54 Å². The highest BCUT2D eigenvalue weighted by atomic mass is 32.1. The number of carbonyl (C=O) groups excluding carboxylic acids is 2. The van der Waals surface area contributed by atoms with Crippen LogP contribution in [0.5, 0.6) is 0 Å². The molecule has 0 unspecified atom stereocenters. The highest BCUT2D eigenvalue weighted by molar-refractivity contribution is 7.18. The maximum Gasteiger partial charge on any atom is 0.261 e. The largest absolute Gasteiger partial charge is 0.396 e. The number of carbonyl (C=O) groups is 2. The van der Waals surface area contributed by atoms with Crippen molar-refractivity contribution in [3.8, 4) is 0 Å². The van der Waals surface area contributed by atoms with Gasteiger partial charge in [0.05, 0.1) is 9.88 Å². The fourth-order valence-electron chi connectivity index (χ4n) is 1.81. The first kappa shape index (κ1) is 15.0. The summed E-state index contributed by atoms with van der Waals surface area (Å²) in [6, 6.07) is 3.45. The topological polar surface area (TPSA) is 78.4 Å². The minimum atomic E-state index is -0.451. The maximum atomic E-state index is 12.1. The molecule has 0 bridgehead atoms. The summed E-state index contributed by atoms with van der Waals surface area (Å²) in [5, 5.41) is 15.4. The molecule has 0 aliphatic heterocycles. The van der Waals surface area contributed by atoms with Crippen molar-refractivity contribution < 1.29 is 14.7 Å². The molecule has 5 nitrogen and oxygen atoms in total. The summed E-state index contributed by atoms with van der Waals surface area (Å²) >= 11 is 1.27. The summed E-state index contributed by atoms with van der Waals surface area (Å²) in [4.78, 5) is 24.3. The molecule has 0 radical (unpaired) electrons. The maximum absolute atomic E-state index is 12.1. The zero-order valence-corrected chi connectivity index (χ0v) is 12.5. The first-order chi connectivity index (χ1) is 9.41. The van der Waals surface area contributed by atoms with Gasteiger partial charge in [0.2, 0.25) is 5.91 Å². The first-order valence-electron chi connectivity index (χ1n) is 6.75. The van der Waals surface area contributed by atoms with Crippen molar-refractivity contribution in [2.45, 2.75) is 38.6 Å². The molecule has 2 rings (SSSR count). The van der Waals surface area contributed by atoms with Gasteiger partial charge in [0.25, 0.3) is 5.91 Å². The standard InChI is InChI=1S/C14H20N2O3S/c1-14(2,7-8-17)16-13(19)10-5-6-11(20-10)15-12(18)9-3-4-9/h5-6,9,17H,3-4,7-8H2,1-2H3,(H,15,18)(H,16,19). The summed E-state index contributed by atoms with van der Waals surface area (Å²) in [6.45, 7) is 3.76. The third-order valence-electron chi connectivity index (χ3n) is 3.21. The first-order valence-corrected chi connectivity index (χ1v) is 7.57. The molecule has 20 heavy (non-hydrogen) atoms. The normalized spacial score (nSPS) is 14.9. The van der Waals surface area contributed by atoms with Crippen LogP contribution in [0.2, 0.25) is 0 Å². The lowest BCUT2D eigenvalue weighted by Crippen LogP contribution is -2.43. The molecule has 6 heteroatoms. The molecule has 0 saturated heterocycles. The van der Waals surface area contributed by atoms with Crippen molar-refractivity contribution in [3.05, 3.63) is 17.0 Å². The van der Waals surface area contributed by atoms with E-state index in [9.17, 15) is 9.59 Å². The number of aliphatic hydroxyl groups is 1. The van der Waals surface area contributed by atoms with E-state index in [-0.39, 0.29) is 24.3 Å². The Balaban J connectivity index is 1.93. The number of amides is 2. The summed E-state index contributed by atoms with van der Waals surface area (Å²) in [6.07, 6.45) is 2.41. The second-order valence-corrected chi connectivity index (χ2v) is 6.82. The van der Waals surface area contributed by atoms with E-state index in [4.69, 9.17) is 5.11 Å². The third kappa shape index (κ3) is 4.05. The van der Waals surface area contributed by atoms with E-state index in [0.717, 1.165) is 12.8 Å². The zero-order chi connectivity index (χ0) is 14.8. The minimum absolute atomic E-state index is 0.0282. The molecule has 110 valence electrons. The zero-order valence-electron chi connectivity index (χ0n) is 11.7. The molecular weight excluding hydrogens is 276 g/mol. The molecule has 1 aromatic rings. The monoisotopic (exact) mass is 296 g/mol. The van der Waals surface area contributed by atoms with Crippen molar-refractivity contribution >= 4 is 28.2 Å². The van der Waals surface area contributed by atoms with E-state index >= 15 is 0 Å². The highest BCUT2D eigenvalue weighted by Gasteiger charge is 2.30. The van der Waals surface area contributed by atoms with E-state index in [2.05, 4.69) is 10.6 Å². The van der Waals surface area contributed by atoms with Gasteiger partial charge in [-0.15, -0.1) is 11.3 Å². The molecule has 0 aromatic carbocycles. The molecule has 3 N–H and O–H groups in total. The average Bonchev–Trinajstić information content (AvgIpc) is 3.09. The quantitative estimate of drug-likeness (QED) is 0.751. The van der Waals surface area contributed by atoms with Crippen LogP contribution in [-0.2, 0) is 4.79 Å². The molecule has 1 saturated carbocycles. The fourth-order valence-corrected chi connectivity index (χ4v) is 2.61. The number of hydrogen-bond donors (Lipinski definition) is 3. The van der Waals surface area contributed by atoms with Crippen LogP contribution in [0.1, 0.15) is 42.8 Å². The smallest absolute Gasteiger partial charge is 0.261 e. The van der Waals surface area contributed by atoms with Gasteiger partial charge in [-0.1, -0.05) is 0 Å². The molecule has 1 fully saturated rings. The van der Waals surface area contributed by atoms with Crippen LogP contribution in [0.15, 0.2) is 12.1 Å². The van der Waals surface area contributed by atoms with Crippen molar-refractivity contribution in [2.24, 2.45) is 5.92 Å². The van der Waals surface area contributed by atoms with Gasteiger partial charge in [0.1, 0.15) is 0 Å². The van der Waals surface area contributed by atoms with Gasteiger partial charge in [0.15, 0.2) is 0 Å². The number of hydrogen-bond acceptors (Lipinski definition) is 4. The van der Waals surface area contributed by atoms with Gasteiger partial charge in [-0.2, -0.15) is 0 Å². The number of nitrogens with one attached hydrogen (secondary N) is 2. The Labute approximate surface area is 122 Å². The van der Waals surface area contributed by atoms with E-state index in [1.165, 1.54) is 11.3 Å². The Bertz CT molecular complexity index is 506. The van der Waals surface area contributed by atoms with Crippen molar-refractivity contribution in [1.82, 2.24) is 5.32 Å². The van der Waals surface area contributed by atoms with Gasteiger partial charge in [0, 0.05) is 18.1 Å². The molecule has 1 aromatic heterocycles. The van der Waals surface area contributed by atoms with Gasteiger partial charge in [-0.25, -0.2) is 0 Å². The van der Waals surface area contributed by atoms with Gasteiger partial charge < -0.3 is 15.7 Å². The van der Waals surface area contributed by atoms with Gasteiger partial charge in [-0.3, -0.25) is 9.59 Å². The average molecular weight is 296 g/mol. The van der Waals surface area contributed by atoms with Crippen LogP contribution in [0.3, 0.4) is 0 Å². The van der Waals surface area contributed by atoms with Gasteiger partial charge in [-0.05, 0) is 45.2 Å². The van der Waals surface area contributed by atoms with Crippen LogP contribution >= 0.6 is 11.3 Å². The van der Waals surface area contributed by atoms with E-state index in [0.29, 0.717) is 16.3 Å². The van der Waals surface area contributed by atoms with Crippen molar-refractivity contribution in [1.29, 1.82) is 0 Å². The second kappa shape index (κ2) is 5.93. The third-order valence-corrected chi connectivity index (χ3v) is 4.21. The van der Waals surface area contributed by atoms with Crippen LogP contribution < -0.4 is 10.6 Å². The summed E-state index contributed by atoms with van der Waals surface area (Å²) in [5.41, 5.74) is -0.451. The lowest BCUT2D eigenvalue weighted by Gasteiger charge is -2.24. The summed E-state index contributed by atoms with van der Waals surface area (Å²) < 4.78 is 0. The lowest BCUT2D eigenvalue weighted by molar-refractivity contribution is -0.117. The van der Waals surface area contributed by atoms with Crippen LogP contribution in [0.4, 0.5) is 5.00 Å². The number of anilines is 1. The van der Waals surface area contributed by atoms with E-state index in [1.54, 1.807) is 12.1 Å². The van der Waals surface area contributed by atoms with Crippen molar-refractivity contribution in [2.75, 3.05) is 11.9 Å².